The Labute approximate surface area is 174 Å². The summed E-state index contributed by atoms with van der Waals surface area (Å²) in [4.78, 5) is 12.5. The van der Waals surface area contributed by atoms with Gasteiger partial charge in [-0.05, 0) is 55.5 Å². The normalized spacial score (nSPS) is 12.6. The maximum atomic E-state index is 12.4. The number of aromatic nitrogens is 2. The Morgan fingerprint density at radius 3 is 2.23 bits per heavy atom. The molecule has 3 rings (SSSR count). The van der Waals surface area contributed by atoms with Crippen molar-refractivity contribution in [2.45, 2.75) is 17.9 Å². The van der Waals surface area contributed by atoms with Crippen LogP contribution in [0.3, 0.4) is 0 Å². The van der Waals surface area contributed by atoms with Gasteiger partial charge in [0.1, 0.15) is 5.75 Å². The Morgan fingerprint density at radius 1 is 1.03 bits per heavy atom. The molecule has 0 spiro atoms. The van der Waals surface area contributed by atoms with Crippen molar-refractivity contribution in [2.24, 2.45) is 0 Å². The van der Waals surface area contributed by atoms with E-state index in [1.807, 2.05) is 0 Å². The quantitative estimate of drug-likeness (QED) is 0.525. The number of esters is 1. The standard InChI is InChI=1S/C20H21N3O6S/c1-13(18-21-22-19(29-18)14-5-9-16(27-4)10-6-14)28-20(24)15-7-11-17(12-8-15)30(25,26)23(2)3/h5-13H,1-4H3. The van der Waals surface area contributed by atoms with Gasteiger partial charge in [-0.15, -0.1) is 10.2 Å². The first-order valence-corrected chi connectivity index (χ1v) is 10.4. The number of hydrogen-bond acceptors (Lipinski definition) is 8. The molecule has 30 heavy (non-hydrogen) atoms. The molecule has 1 aromatic heterocycles. The predicted molar refractivity (Wildman–Crippen MR) is 107 cm³/mol. The Morgan fingerprint density at radius 2 is 1.67 bits per heavy atom. The van der Waals surface area contributed by atoms with Crippen LogP contribution in [0.2, 0.25) is 0 Å². The van der Waals surface area contributed by atoms with Crippen LogP contribution in [0.5, 0.6) is 5.75 Å². The number of nitrogens with zero attached hydrogens (tertiary/aromatic N) is 3. The van der Waals surface area contributed by atoms with E-state index in [1.165, 1.54) is 38.4 Å². The molecular formula is C20H21N3O6S. The zero-order valence-electron chi connectivity index (χ0n) is 16.9. The summed E-state index contributed by atoms with van der Waals surface area (Å²) in [5, 5.41) is 7.92. The van der Waals surface area contributed by atoms with Gasteiger partial charge in [-0.25, -0.2) is 17.5 Å². The average molecular weight is 431 g/mol. The molecule has 0 saturated carbocycles. The molecule has 0 radical (unpaired) electrons. The van der Waals surface area contributed by atoms with Gasteiger partial charge in [0.15, 0.2) is 6.10 Å². The van der Waals surface area contributed by atoms with Crippen LogP contribution in [-0.4, -0.2) is 50.1 Å². The van der Waals surface area contributed by atoms with Crippen LogP contribution in [0.1, 0.15) is 29.3 Å². The van der Waals surface area contributed by atoms with Gasteiger partial charge in [-0.3, -0.25) is 0 Å². The van der Waals surface area contributed by atoms with Crippen molar-refractivity contribution in [1.82, 2.24) is 14.5 Å². The largest absolute Gasteiger partial charge is 0.497 e. The number of hydrogen-bond donors (Lipinski definition) is 0. The molecule has 1 unspecified atom stereocenters. The summed E-state index contributed by atoms with van der Waals surface area (Å²) in [5.74, 6) is 0.487. The summed E-state index contributed by atoms with van der Waals surface area (Å²) in [6.45, 7) is 1.61. The van der Waals surface area contributed by atoms with Gasteiger partial charge in [-0.1, -0.05) is 0 Å². The van der Waals surface area contributed by atoms with E-state index in [1.54, 1.807) is 38.3 Å². The van der Waals surface area contributed by atoms with E-state index in [0.29, 0.717) is 11.3 Å². The minimum atomic E-state index is -3.57. The molecule has 0 aliphatic rings. The van der Waals surface area contributed by atoms with Gasteiger partial charge in [-0.2, -0.15) is 0 Å². The topological polar surface area (TPSA) is 112 Å². The van der Waals surface area contributed by atoms with Crippen LogP contribution in [0, 0.1) is 0 Å². The molecule has 0 amide bonds. The predicted octanol–water partition coefficient (Wildman–Crippen LogP) is 2.91. The molecule has 0 aliphatic carbocycles. The molecule has 9 nitrogen and oxygen atoms in total. The second-order valence-electron chi connectivity index (χ2n) is 6.53. The van der Waals surface area contributed by atoms with Gasteiger partial charge in [0.25, 0.3) is 5.89 Å². The molecule has 0 N–H and O–H groups in total. The summed E-state index contributed by atoms with van der Waals surface area (Å²) < 4.78 is 41.4. The van der Waals surface area contributed by atoms with E-state index in [4.69, 9.17) is 13.9 Å². The lowest BCUT2D eigenvalue weighted by molar-refractivity contribution is 0.0279. The summed E-state index contributed by atoms with van der Waals surface area (Å²) in [6.07, 6.45) is -0.790. The number of carbonyl (C=O) groups is 1. The number of sulfonamides is 1. The summed E-state index contributed by atoms with van der Waals surface area (Å²) in [7, 11) is 0.869. The molecule has 0 bridgehead atoms. The monoisotopic (exact) mass is 431 g/mol. The average Bonchev–Trinajstić information content (AvgIpc) is 3.24. The number of ether oxygens (including phenoxy) is 2. The molecule has 2 aromatic carbocycles. The fraction of sp³-hybridized carbons (Fsp3) is 0.250. The lowest BCUT2D eigenvalue weighted by atomic mass is 10.2. The third-order valence-electron chi connectivity index (χ3n) is 4.28. The number of benzene rings is 2. The highest BCUT2D eigenvalue weighted by molar-refractivity contribution is 7.89. The number of methoxy groups -OCH3 is 1. The highest BCUT2D eigenvalue weighted by Crippen LogP contribution is 2.25. The molecule has 1 atom stereocenters. The van der Waals surface area contributed by atoms with E-state index in [2.05, 4.69) is 10.2 Å². The van der Waals surface area contributed by atoms with Crippen LogP contribution >= 0.6 is 0 Å². The second kappa shape index (κ2) is 8.64. The van der Waals surface area contributed by atoms with Gasteiger partial charge in [0, 0.05) is 19.7 Å². The van der Waals surface area contributed by atoms with Gasteiger partial charge >= 0.3 is 5.97 Å². The smallest absolute Gasteiger partial charge is 0.338 e. The molecule has 0 aliphatic heterocycles. The van der Waals surface area contributed by atoms with Crippen molar-refractivity contribution < 1.29 is 27.1 Å². The summed E-state index contributed by atoms with van der Waals surface area (Å²) in [6, 6.07) is 12.6. The van der Waals surface area contributed by atoms with E-state index >= 15 is 0 Å². The Bertz CT molecular complexity index is 1120. The van der Waals surface area contributed by atoms with Gasteiger partial charge in [0.2, 0.25) is 15.9 Å². The highest BCUT2D eigenvalue weighted by atomic mass is 32.2. The van der Waals surface area contributed by atoms with Gasteiger partial charge in [0.05, 0.1) is 17.6 Å². The van der Waals surface area contributed by atoms with Gasteiger partial charge < -0.3 is 13.9 Å². The van der Waals surface area contributed by atoms with E-state index in [0.717, 1.165) is 4.31 Å². The zero-order chi connectivity index (χ0) is 21.9. The minimum Gasteiger partial charge on any atom is -0.497 e. The number of carbonyl (C=O) groups excluding carboxylic acids is 1. The maximum Gasteiger partial charge on any atom is 0.338 e. The first-order chi connectivity index (χ1) is 14.2. The lowest BCUT2D eigenvalue weighted by Gasteiger charge is -2.12. The highest BCUT2D eigenvalue weighted by Gasteiger charge is 2.21. The van der Waals surface area contributed by atoms with Crippen LogP contribution in [-0.2, 0) is 14.8 Å². The molecule has 10 heteroatoms. The third kappa shape index (κ3) is 4.50. The van der Waals surface area contributed by atoms with Crippen LogP contribution in [0.4, 0.5) is 0 Å². The lowest BCUT2D eigenvalue weighted by Crippen LogP contribution is -2.22. The summed E-state index contributed by atoms with van der Waals surface area (Å²) in [5.41, 5.74) is 0.903. The fourth-order valence-electron chi connectivity index (χ4n) is 2.50. The van der Waals surface area contributed by atoms with Crippen molar-refractivity contribution >= 4 is 16.0 Å². The van der Waals surface area contributed by atoms with Crippen molar-refractivity contribution in [3.63, 3.8) is 0 Å². The second-order valence-corrected chi connectivity index (χ2v) is 8.69. The van der Waals surface area contributed by atoms with Crippen LogP contribution in [0.25, 0.3) is 11.5 Å². The van der Waals surface area contributed by atoms with Crippen LogP contribution in [0.15, 0.2) is 57.8 Å². The van der Waals surface area contributed by atoms with Crippen molar-refractivity contribution in [2.75, 3.05) is 21.2 Å². The first-order valence-electron chi connectivity index (χ1n) is 8.94. The van der Waals surface area contributed by atoms with Crippen molar-refractivity contribution in [1.29, 1.82) is 0 Å². The Balaban J connectivity index is 1.69. The zero-order valence-corrected chi connectivity index (χ0v) is 17.7. The minimum absolute atomic E-state index is 0.0816. The van der Waals surface area contributed by atoms with E-state index in [9.17, 15) is 13.2 Å². The maximum absolute atomic E-state index is 12.4. The molecule has 0 fully saturated rings. The van der Waals surface area contributed by atoms with E-state index < -0.39 is 22.1 Å². The van der Waals surface area contributed by atoms with E-state index in [-0.39, 0.29) is 22.2 Å². The molecule has 1 heterocycles. The third-order valence-corrected chi connectivity index (χ3v) is 6.11. The summed E-state index contributed by atoms with van der Waals surface area (Å²) >= 11 is 0. The van der Waals surface area contributed by atoms with Crippen molar-refractivity contribution in [3.8, 4) is 17.2 Å². The van der Waals surface area contributed by atoms with Crippen LogP contribution < -0.4 is 4.74 Å². The fourth-order valence-corrected chi connectivity index (χ4v) is 3.40. The molecular weight excluding hydrogens is 410 g/mol. The molecule has 3 aromatic rings. The Hall–Kier alpha value is -3.24. The molecule has 0 saturated heterocycles. The first kappa shape index (κ1) is 21.5. The van der Waals surface area contributed by atoms with Crippen molar-refractivity contribution in [3.05, 3.63) is 60.0 Å². The Kier molecular flexibility index (Phi) is 6.18. The number of rotatable bonds is 7. The molecule has 158 valence electrons. The SMILES string of the molecule is COc1ccc(-c2nnc(C(C)OC(=O)c3ccc(S(=O)(=O)N(C)C)cc3)o2)cc1.